The topological polar surface area (TPSA) is 65.5 Å². The summed E-state index contributed by atoms with van der Waals surface area (Å²) in [5.41, 5.74) is 6.40. The number of rotatable bonds is 4. The molecule has 0 amide bonds. The zero-order chi connectivity index (χ0) is 22.8. The Morgan fingerprint density at radius 1 is 0.781 bits per heavy atom. The minimum absolute atomic E-state index is 0.342. The summed E-state index contributed by atoms with van der Waals surface area (Å²) in [7, 11) is 1.32. The third-order valence-electron chi connectivity index (χ3n) is 5.30. The van der Waals surface area contributed by atoms with Crippen molar-refractivity contribution < 1.29 is 19.1 Å². The molecule has 3 aromatic carbocycles. The number of nitrogens with zero attached hydrogens (tertiary/aromatic N) is 1. The Morgan fingerprint density at radius 3 is 2.12 bits per heavy atom. The summed E-state index contributed by atoms with van der Waals surface area (Å²) >= 11 is 0. The number of fused-ring (bicyclic) bond motifs is 1. The number of aromatic nitrogens is 1. The lowest BCUT2D eigenvalue weighted by Crippen LogP contribution is -2.11. The summed E-state index contributed by atoms with van der Waals surface area (Å²) in [4.78, 5) is 29.7. The first-order chi connectivity index (χ1) is 15.4. The highest BCUT2D eigenvalue weighted by molar-refractivity contribution is 6.06. The van der Waals surface area contributed by atoms with Crippen LogP contribution in [0.4, 0.5) is 0 Å². The molecule has 0 unspecified atom stereocenters. The van der Waals surface area contributed by atoms with Crippen LogP contribution in [0.2, 0.25) is 0 Å². The van der Waals surface area contributed by atoms with E-state index in [9.17, 15) is 9.59 Å². The maximum absolute atomic E-state index is 13.2. The van der Waals surface area contributed by atoms with E-state index in [1.165, 1.54) is 7.11 Å². The SMILES string of the molecule is COC(=O)c1ccc(OC(=O)c2cc(-c3ccc(C)cc3)nc3c(C)cc(C)cc23)cc1. The van der Waals surface area contributed by atoms with Gasteiger partial charge in [0, 0.05) is 10.9 Å². The largest absolute Gasteiger partial charge is 0.465 e. The smallest absolute Gasteiger partial charge is 0.344 e. The number of hydrogen-bond acceptors (Lipinski definition) is 5. The highest BCUT2D eigenvalue weighted by atomic mass is 16.5. The molecule has 160 valence electrons. The van der Waals surface area contributed by atoms with Gasteiger partial charge < -0.3 is 9.47 Å². The minimum Gasteiger partial charge on any atom is -0.465 e. The van der Waals surface area contributed by atoms with Gasteiger partial charge in [0.05, 0.1) is 29.4 Å². The zero-order valence-corrected chi connectivity index (χ0v) is 18.4. The molecule has 0 aliphatic rings. The maximum atomic E-state index is 13.2. The third kappa shape index (κ3) is 4.23. The van der Waals surface area contributed by atoms with Crippen molar-refractivity contribution in [2.45, 2.75) is 20.8 Å². The summed E-state index contributed by atoms with van der Waals surface area (Å²) in [6.45, 7) is 6.00. The normalized spacial score (nSPS) is 10.8. The van der Waals surface area contributed by atoms with E-state index in [4.69, 9.17) is 14.5 Å². The second-order valence-corrected chi connectivity index (χ2v) is 7.80. The van der Waals surface area contributed by atoms with Crippen LogP contribution in [-0.2, 0) is 4.74 Å². The molecule has 0 fully saturated rings. The Bertz CT molecular complexity index is 1320. The van der Waals surface area contributed by atoms with Crippen molar-refractivity contribution in [3.63, 3.8) is 0 Å². The molecule has 0 spiro atoms. The zero-order valence-electron chi connectivity index (χ0n) is 18.4. The van der Waals surface area contributed by atoms with Gasteiger partial charge >= 0.3 is 11.9 Å². The number of esters is 2. The van der Waals surface area contributed by atoms with E-state index < -0.39 is 11.9 Å². The standard InChI is InChI=1S/C27H23NO4/c1-16-5-7-19(8-6-16)24-15-23(22-14-17(2)13-18(3)25(22)28-24)27(30)32-21-11-9-20(10-12-21)26(29)31-4/h5-15H,1-4H3. The quantitative estimate of drug-likeness (QED) is 0.304. The van der Waals surface area contributed by atoms with E-state index in [0.717, 1.165) is 33.2 Å². The van der Waals surface area contributed by atoms with Crippen LogP contribution in [0.25, 0.3) is 22.2 Å². The molecule has 0 N–H and O–H groups in total. The van der Waals surface area contributed by atoms with Crippen LogP contribution in [0.5, 0.6) is 5.75 Å². The number of carbonyl (C=O) groups is 2. The predicted molar refractivity (Wildman–Crippen MR) is 124 cm³/mol. The van der Waals surface area contributed by atoms with Gasteiger partial charge in [0.15, 0.2) is 0 Å². The molecule has 4 rings (SSSR count). The molecule has 5 nitrogen and oxygen atoms in total. The van der Waals surface area contributed by atoms with E-state index in [2.05, 4.69) is 6.07 Å². The fourth-order valence-corrected chi connectivity index (χ4v) is 3.66. The average Bonchev–Trinajstić information content (AvgIpc) is 2.79. The summed E-state index contributed by atoms with van der Waals surface area (Å²) < 4.78 is 10.4. The Hall–Kier alpha value is -3.99. The molecule has 4 aromatic rings. The Labute approximate surface area is 186 Å². The summed E-state index contributed by atoms with van der Waals surface area (Å²) in [6, 6.07) is 20.1. The summed E-state index contributed by atoms with van der Waals surface area (Å²) in [5, 5.41) is 0.745. The van der Waals surface area contributed by atoms with Gasteiger partial charge in [-0.3, -0.25) is 0 Å². The molecule has 0 radical (unpaired) electrons. The minimum atomic E-state index is -0.485. The third-order valence-corrected chi connectivity index (χ3v) is 5.30. The highest BCUT2D eigenvalue weighted by Gasteiger charge is 2.18. The van der Waals surface area contributed by atoms with E-state index in [-0.39, 0.29) is 0 Å². The second-order valence-electron chi connectivity index (χ2n) is 7.80. The van der Waals surface area contributed by atoms with Crippen LogP contribution in [-0.4, -0.2) is 24.0 Å². The number of pyridine rings is 1. The Morgan fingerprint density at radius 2 is 1.47 bits per heavy atom. The molecule has 0 bridgehead atoms. The maximum Gasteiger partial charge on any atom is 0.344 e. The van der Waals surface area contributed by atoms with Gasteiger partial charge in [0.2, 0.25) is 0 Å². The molecule has 1 aromatic heterocycles. The molecule has 0 atom stereocenters. The van der Waals surface area contributed by atoms with E-state index in [0.29, 0.717) is 22.6 Å². The Balaban J connectivity index is 1.78. The number of aryl methyl sites for hydroxylation is 3. The van der Waals surface area contributed by atoms with E-state index in [1.54, 1.807) is 30.3 Å². The monoisotopic (exact) mass is 425 g/mol. The molecule has 32 heavy (non-hydrogen) atoms. The van der Waals surface area contributed by atoms with Gasteiger partial charge in [-0.1, -0.05) is 41.5 Å². The molecule has 0 aliphatic carbocycles. The first-order valence-corrected chi connectivity index (χ1v) is 10.3. The van der Waals surface area contributed by atoms with Crippen molar-refractivity contribution in [1.82, 2.24) is 4.98 Å². The molecule has 0 saturated heterocycles. The van der Waals surface area contributed by atoms with Crippen LogP contribution in [0.3, 0.4) is 0 Å². The van der Waals surface area contributed by atoms with Crippen molar-refractivity contribution in [2.75, 3.05) is 7.11 Å². The van der Waals surface area contributed by atoms with Crippen molar-refractivity contribution in [3.05, 3.63) is 94.5 Å². The molecular formula is C27H23NO4. The Kier molecular flexibility index (Phi) is 5.73. The number of hydrogen-bond donors (Lipinski definition) is 0. The second kappa shape index (κ2) is 8.63. The number of carbonyl (C=O) groups excluding carboxylic acids is 2. The number of ether oxygens (including phenoxy) is 2. The van der Waals surface area contributed by atoms with Crippen LogP contribution in [0.15, 0.2) is 66.7 Å². The highest BCUT2D eigenvalue weighted by Crippen LogP contribution is 2.29. The lowest BCUT2D eigenvalue weighted by atomic mass is 9.99. The summed E-state index contributed by atoms with van der Waals surface area (Å²) in [6.07, 6.45) is 0. The van der Waals surface area contributed by atoms with Crippen molar-refractivity contribution in [2.24, 2.45) is 0 Å². The molecule has 0 saturated carbocycles. The van der Waals surface area contributed by atoms with Crippen molar-refractivity contribution in [1.29, 1.82) is 0 Å². The molecule has 1 heterocycles. The van der Waals surface area contributed by atoms with Gasteiger partial charge in [-0.2, -0.15) is 0 Å². The number of benzene rings is 3. The lowest BCUT2D eigenvalue weighted by Gasteiger charge is -2.13. The predicted octanol–water partition coefficient (Wildman–Crippen LogP) is 5.83. The van der Waals surface area contributed by atoms with Gasteiger partial charge in [0.25, 0.3) is 0 Å². The lowest BCUT2D eigenvalue weighted by molar-refractivity contribution is 0.0600. The molecular weight excluding hydrogens is 402 g/mol. The fraction of sp³-hybridized carbons (Fsp3) is 0.148. The van der Waals surface area contributed by atoms with E-state index in [1.807, 2.05) is 51.1 Å². The van der Waals surface area contributed by atoms with Gasteiger partial charge in [0.1, 0.15) is 5.75 Å². The van der Waals surface area contributed by atoms with Crippen LogP contribution < -0.4 is 4.74 Å². The summed E-state index contributed by atoms with van der Waals surface area (Å²) in [5.74, 6) is -0.591. The van der Waals surface area contributed by atoms with Crippen molar-refractivity contribution >= 4 is 22.8 Å². The first-order valence-electron chi connectivity index (χ1n) is 10.3. The van der Waals surface area contributed by atoms with Gasteiger partial charge in [-0.05, 0) is 62.7 Å². The number of methoxy groups -OCH3 is 1. The van der Waals surface area contributed by atoms with Gasteiger partial charge in [-0.15, -0.1) is 0 Å². The first kappa shape index (κ1) is 21.2. The van der Waals surface area contributed by atoms with E-state index >= 15 is 0 Å². The van der Waals surface area contributed by atoms with Crippen molar-refractivity contribution in [3.8, 4) is 17.0 Å². The van der Waals surface area contributed by atoms with Crippen LogP contribution in [0.1, 0.15) is 37.4 Å². The van der Waals surface area contributed by atoms with Crippen LogP contribution >= 0.6 is 0 Å². The van der Waals surface area contributed by atoms with Crippen LogP contribution in [0, 0.1) is 20.8 Å². The molecule has 5 heteroatoms. The molecule has 0 aliphatic heterocycles. The van der Waals surface area contributed by atoms with Gasteiger partial charge in [-0.25, -0.2) is 14.6 Å². The average molecular weight is 425 g/mol. The fourth-order valence-electron chi connectivity index (χ4n) is 3.66.